The Bertz CT molecular complexity index is 1560. The summed E-state index contributed by atoms with van der Waals surface area (Å²) in [7, 11) is 0. The van der Waals surface area contributed by atoms with Crippen molar-refractivity contribution in [3.05, 3.63) is 112 Å². The minimum atomic E-state index is -1.10. The Balaban J connectivity index is 1.46. The smallest absolute Gasteiger partial charge is 0.342 e. The van der Waals surface area contributed by atoms with Crippen LogP contribution in [0, 0.1) is 6.92 Å². The van der Waals surface area contributed by atoms with Gasteiger partial charge in [0.25, 0.3) is 0 Å². The number of carbonyl (C=O) groups excluding carboxylic acids is 1. The van der Waals surface area contributed by atoms with Gasteiger partial charge in [-0.2, -0.15) is 0 Å². The standard InChI is InChI=1S/C35H35ClN2O3/c1-4-6-21-38(22-7-5-2)28-20-19-23(3)33(32(28)36)37-27-16-12-15-26-31(27)34(39)41-35(26)24-13-8-10-17-29(24)40-30-18-11-9-14-25(30)35/h8-20,37H,4-7,21-22H2,1-3H3. The zero-order chi connectivity index (χ0) is 28.6. The predicted octanol–water partition coefficient (Wildman–Crippen LogP) is 9.37. The first-order valence-corrected chi connectivity index (χ1v) is 14.9. The Morgan fingerprint density at radius 2 is 1.41 bits per heavy atom. The number of halogens is 1. The monoisotopic (exact) mass is 566 g/mol. The molecule has 1 spiro atoms. The van der Waals surface area contributed by atoms with Gasteiger partial charge < -0.3 is 19.7 Å². The zero-order valence-electron chi connectivity index (χ0n) is 23.8. The molecular formula is C35H35ClN2O3. The maximum atomic E-state index is 13.8. The quantitative estimate of drug-likeness (QED) is 0.204. The summed E-state index contributed by atoms with van der Waals surface area (Å²) >= 11 is 7.14. The second-order valence-corrected chi connectivity index (χ2v) is 11.2. The van der Waals surface area contributed by atoms with Crippen molar-refractivity contribution in [3.8, 4) is 11.5 Å². The van der Waals surface area contributed by atoms with Gasteiger partial charge in [0.05, 0.1) is 27.6 Å². The van der Waals surface area contributed by atoms with Crippen molar-refractivity contribution in [1.29, 1.82) is 0 Å². The van der Waals surface area contributed by atoms with Crippen LogP contribution in [0.1, 0.15) is 72.1 Å². The van der Waals surface area contributed by atoms with Crippen LogP contribution in [0.5, 0.6) is 11.5 Å². The normalized spacial score (nSPS) is 14.1. The van der Waals surface area contributed by atoms with Gasteiger partial charge in [0.15, 0.2) is 5.60 Å². The fourth-order valence-electron chi connectivity index (χ4n) is 6.02. The second kappa shape index (κ2) is 11.1. The Labute approximate surface area is 247 Å². The van der Waals surface area contributed by atoms with Crippen LogP contribution in [0.3, 0.4) is 0 Å². The van der Waals surface area contributed by atoms with Crippen molar-refractivity contribution >= 4 is 34.6 Å². The number of carbonyl (C=O) groups is 1. The molecule has 6 heteroatoms. The molecule has 0 bridgehead atoms. The van der Waals surface area contributed by atoms with Crippen LogP contribution in [0.15, 0.2) is 78.9 Å². The van der Waals surface area contributed by atoms with Crippen LogP contribution in [0.4, 0.5) is 17.1 Å². The zero-order valence-corrected chi connectivity index (χ0v) is 24.6. The maximum absolute atomic E-state index is 13.8. The molecule has 6 rings (SSSR count). The molecule has 0 saturated carbocycles. The fourth-order valence-corrected chi connectivity index (χ4v) is 6.39. The molecule has 4 aromatic carbocycles. The van der Waals surface area contributed by atoms with Crippen LogP contribution in [-0.4, -0.2) is 19.1 Å². The van der Waals surface area contributed by atoms with E-state index in [1.807, 2.05) is 73.7 Å². The molecule has 0 saturated heterocycles. The van der Waals surface area contributed by atoms with Gasteiger partial charge in [-0.3, -0.25) is 0 Å². The third-order valence-electron chi connectivity index (χ3n) is 8.14. The van der Waals surface area contributed by atoms with E-state index in [0.717, 1.165) is 72.4 Å². The number of nitrogens with zero attached hydrogens (tertiary/aromatic N) is 1. The van der Waals surface area contributed by atoms with Crippen LogP contribution < -0.4 is 15.0 Å². The molecule has 0 unspecified atom stereocenters. The van der Waals surface area contributed by atoms with Gasteiger partial charge in [0.2, 0.25) is 0 Å². The molecule has 0 radical (unpaired) electrons. The number of aryl methyl sites for hydroxylation is 1. The van der Waals surface area contributed by atoms with Crippen LogP contribution in [-0.2, 0) is 10.3 Å². The lowest BCUT2D eigenvalue weighted by molar-refractivity contribution is 0.0225. The van der Waals surface area contributed by atoms with Crippen molar-refractivity contribution in [1.82, 2.24) is 0 Å². The average molecular weight is 567 g/mol. The number of benzene rings is 4. The minimum Gasteiger partial charge on any atom is -0.456 e. The highest BCUT2D eigenvalue weighted by Gasteiger charge is 2.54. The van der Waals surface area contributed by atoms with E-state index >= 15 is 0 Å². The number of hydrogen-bond donors (Lipinski definition) is 1. The highest BCUT2D eigenvalue weighted by Crippen LogP contribution is 2.57. The molecule has 2 aliphatic heterocycles. The number of rotatable bonds is 9. The Kier molecular flexibility index (Phi) is 7.39. The molecule has 0 aromatic heterocycles. The van der Waals surface area contributed by atoms with Crippen molar-refractivity contribution < 1.29 is 14.3 Å². The summed E-state index contributed by atoms with van der Waals surface area (Å²) in [6.07, 6.45) is 4.44. The molecule has 0 fully saturated rings. The lowest BCUT2D eigenvalue weighted by atomic mass is 9.77. The second-order valence-electron chi connectivity index (χ2n) is 10.8. The number of hydrogen-bond acceptors (Lipinski definition) is 5. The van der Waals surface area contributed by atoms with E-state index in [-0.39, 0.29) is 5.97 Å². The van der Waals surface area contributed by atoms with Gasteiger partial charge in [0.1, 0.15) is 11.5 Å². The average Bonchev–Trinajstić information content (AvgIpc) is 3.29. The van der Waals surface area contributed by atoms with E-state index in [4.69, 9.17) is 21.1 Å². The largest absolute Gasteiger partial charge is 0.456 e. The maximum Gasteiger partial charge on any atom is 0.342 e. The highest BCUT2D eigenvalue weighted by molar-refractivity contribution is 6.36. The molecule has 0 aliphatic carbocycles. The van der Waals surface area contributed by atoms with E-state index in [2.05, 4.69) is 36.2 Å². The SMILES string of the molecule is CCCCN(CCCC)c1ccc(C)c(Nc2cccc3c2C(=O)OC32c3ccccc3Oc3ccccc32)c1Cl. The van der Waals surface area contributed by atoms with Gasteiger partial charge >= 0.3 is 5.97 Å². The third kappa shape index (κ3) is 4.53. The first-order chi connectivity index (χ1) is 20.0. The van der Waals surface area contributed by atoms with Crippen LogP contribution in [0.2, 0.25) is 5.02 Å². The van der Waals surface area contributed by atoms with Crippen LogP contribution >= 0.6 is 11.6 Å². The van der Waals surface area contributed by atoms with Crippen molar-refractivity contribution in [3.63, 3.8) is 0 Å². The summed E-state index contributed by atoms with van der Waals surface area (Å²) in [6.45, 7) is 8.36. The first kappa shape index (κ1) is 27.2. The van der Waals surface area contributed by atoms with Gasteiger partial charge in [0, 0.05) is 29.8 Å². The number of fused-ring (bicyclic) bond motifs is 6. The number of ether oxygens (including phenoxy) is 2. The topological polar surface area (TPSA) is 50.8 Å². The number of anilines is 3. The third-order valence-corrected chi connectivity index (χ3v) is 8.52. The summed E-state index contributed by atoms with van der Waals surface area (Å²) in [5, 5.41) is 4.22. The summed E-state index contributed by atoms with van der Waals surface area (Å²) in [4.78, 5) is 16.2. The lowest BCUT2D eigenvalue weighted by Gasteiger charge is -2.36. The molecule has 210 valence electrons. The van der Waals surface area contributed by atoms with E-state index in [1.54, 1.807) is 0 Å². The first-order valence-electron chi connectivity index (χ1n) is 14.5. The number of esters is 1. The molecular weight excluding hydrogens is 532 g/mol. The molecule has 2 aliphatic rings. The van der Waals surface area contributed by atoms with Gasteiger partial charge in [-0.25, -0.2) is 4.79 Å². The molecule has 5 nitrogen and oxygen atoms in total. The van der Waals surface area contributed by atoms with E-state index in [0.29, 0.717) is 27.8 Å². The van der Waals surface area contributed by atoms with Crippen molar-refractivity contribution in [2.24, 2.45) is 0 Å². The highest BCUT2D eigenvalue weighted by atomic mass is 35.5. The van der Waals surface area contributed by atoms with Crippen molar-refractivity contribution in [2.45, 2.75) is 52.1 Å². The van der Waals surface area contributed by atoms with E-state index < -0.39 is 5.60 Å². The predicted molar refractivity (Wildman–Crippen MR) is 166 cm³/mol. The van der Waals surface area contributed by atoms with Gasteiger partial charge in [-0.1, -0.05) is 92.9 Å². The lowest BCUT2D eigenvalue weighted by Crippen LogP contribution is -2.32. The number of unbranched alkanes of at least 4 members (excludes halogenated alkanes) is 2. The minimum absolute atomic E-state index is 0.382. The molecule has 1 N–H and O–H groups in total. The van der Waals surface area contributed by atoms with Crippen LogP contribution in [0.25, 0.3) is 0 Å². The Morgan fingerprint density at radius 1 is 0.805 bits per heavy atom. The van der Waals surface area contributed by atoms with Gasteiger partial charge in [-0.05, 0) is 49.6 Å². The van der Waals surface area contributed by atoms with Gasteiger partial charge in [-0.15, -0.1) is 0 Å². The molecule has 2 heterocycles. The van der Waals surface area contributed by atoms with Crippen molar-refractivity contribution in [2.75, 3.05) is 23.3 Å². The Morgan fingerprint density at radius 3 is 2.05 bits per heavy atom. The molecule has 0 atom stereocenters. The number of para-hydroxylation sites is 2. The summed E-state index contributed by atoms with van der Waals surface area (Å²) in [5.74, 6) is 0.971. The van der Waals surface area contributed by atoms with E-state index in [9.17, 15) is 4.79 Å². The fraction of sp³-hybridized carbons (Fsp3) is 0.286. The summed E-state index contributed by atoms with van der Waals surface area (Å²) < 4.78 is 12.6. The summed E-state index contributed by atoms with van der Waals surface area (Å²) in [5.41, 5.74) is 5.29. The Hall–Kier alpha value is -3.96. The number of nitrogens with one attached hydrogen (secondary N) is 1. The van der Waals surface area contributed by atoms with E-state index in [1.165, 1.54) is 0 Å². The molecule has 41 heavy (non-hydrogen) atoms. The molecule has 0 amide bonds. The summed E-state index contributed by atoms with van der Waals surface area (Å²) in [6, 6.07) is 25.6. The molecule has 4 aromatic rings.